The smallest absolute Gasteiger partial charge is 0.333 e. The van der Waals surface area contributed by atoms with Crippen molar-refractivity contribution in [3.63, 3.8) is 0 Å². The van der Waals surface area contributed by atoms with Gasteiger partial charge in [0.25, 0.3) is 32.1 Å². The summed E-state index contributed by atoms with van der Waals surface area (Å²) in [6, 6.07) is 15.2. The van der Waals surface area contributed by atoms with Crippen LogP contribution in [0.15, 0.2) is 97.0 Å². The van der Waals surface area contributed by atoms with E-state index in [0.29, 0.717) is 23.7 Å². The van der Waals surface area contributed by atoms with Gasteiger partial charge in [-0.3, -0.25) is 18.7 Å². The molecule has 2 amide bonds. The highest BCUT2D eigenvalue weighted by atomic mass is 32.2. The standard InChI is InChI=1S/C27H26N6O10S2/c1-32(16-2-3-27(36)43-33-25(34)14-15-26(33)35)21-9-4-18(5-10-21)29-31-23-13-8-20(17-24(23)45(40,41)42)30-28-19-6-11-22(12-7-19)44(37,38)39/h4-13,17H,2-3,14-16H2,1H3,(H,37,38,39)(H,40,41,42). The van der Waals surface area contributed by atoms with Gasteiger partial charge in [0.2, 0.25) is 0 Å². The van der Waals surface area contributed by atoms with E-state index in [4.69, 9.17) is 9.39 Å². The minimum atomic E-state index is -4.74. The molecule has 4 rings (SSSR count). The molecule has 16 nitrogen and oxygen atoms in total. The van der Waals surface area contributed by atoms with Gasteiger partial charge in [-0.05, 0) is 73.2 Å². The molecule has 0 radical (unpaired) electrons. The minimum absolute atomic E-state index is 0.00585. The average Bonchev–Trinajstić information content (AvgIpc) is 3.30. The van der Waals surface area contributed by atoms with Gasteiger partial charge in [0, 0.05) is 38.5 Å². The summed E-state index contributed by atoms with van der Waals surface area (Å²) in [6.07, 6.45) is 0.429. The number of rotatable bonds is 12. The molecule has 1 fully saturated rings. The Balaban J connectivity index is 1.36. The molecule has 0 spiro atoms. The van der Waals surface area contributed by atoms with Crippen LogP contribution in [0.2, 0.25) is 0 Å². The van der Waals surface area contributed by atoms with Crippen LogP contribution < -0.4 is 4.90 Å². The molecule has 1 saturated heterocycles. The van der Waals surface area contributed by atoms with Gasteiger partial charge < -0.3 is 9.74 Å². The first kappa shape index (κ1) is 33.0. The number of azo groups is 2. The number of benzene rings is 3. The maximum Gasteiger partial charge on any atom is 0.333 e. The van der Waals surface area contributed by atoms with Crippen LogP contribution in [0.5, 0.6) is 0 Å². The highest BCUT2D eigenvalue weighted by Gasteiger charge is 2.32. The van der Waals surface area contributed by atoms with Crippen LogP contribution in [0.1, 0.15) is 25.7 Å². The predicted molar refractivity (Wildman–Crippen MR) is 157 cm³/mol. The van der Waals surface area contributed by atoms with E-state index in [1.54, 1.807) is 31.3 Å². The van der Waals surface area contributed by atoms with E-state index in [-0.39, 0.29) is 41.2 Å². The van der Waals surface area contributed by atoms with Crippen LogP contribution in [0.3, 0.4) is 0 Å². The van der Waals surface area contributed by atoms with Crippen molar-refractivity contribution < 1.29 is 45.2 Å². The molecule has 1 aliphatic heterocycles. The van der Waals surface area contributed by atoms with Gasteiger partial charge in [0.1, 0.15) is 10.6 Å². The SMILES string of the molecule is CN(CCCC(=O)ON1C(=O)CCC1=O)c1ccc(N=Nc2ccc(N=Nc3ccc(S(=O)(=O)O)cc3)cc2S(=O)(=O)O)cc1. The van der Waals surface area contributed by atoms with Crippen LogP contribution in [0.4, 0.5) is 28.4 Å². The Morgan fingerprint density at radius 1 is 0.800 bits per heavy atom. The summed E-state index contributed by atoms with van der Waals surface area (Å²) in [4.78, 5) is 40.9. The lowest BCUT2D eigenvalue weighted by Gasteiger charge is -2.19. The molecule has 3 aromatic carbocycles. The number of anilines is 1. The Hall–Kier alpha value is -4.91. The van der Waals surface area contributed by atoms with Gasteiger partial charge in [-0.15, -0.1) is 10.2 Å². The summed E-state index contributed by atoms with van der Waals surface area (Å²) in [7, 11) is -7.32. The fourth-order valence-electron chi connectivity index (χ4n) is 3.93. The quantitative estimate of drug-likeness (QED) is 0.152. The summed E-state index contributed by atoms with van der Waals surface area (Å²) < 4.78 is 65.1. The number of nitrogens with zero attached hydrogens (tertiary/aromatic N) is 6. The summed E-state index contributed by atoms with van der Waals surface area (Å²) >= 11 is 0. The minimum Gasteiger partial charge on any atom is -0.375 e. The number of imide groups is 1. The van der Waals surface area contributed by atoms with E-state index in [9.17, 15) is 35.8 Å². The number of amides is 2. The Morgan fingerprint density at radius 2 is 1.33 bits per heavy atom. The maximum absolute atomic E-state index is 12.0. The van der Waals surface area contributed by atoms with Gasteiger partial charge in [0.05, 0.1) is 22.0 Å². The molecule has 0 aliphatic carbocycles. The molecule has 2 N–H and O–H groups in total. The molecule has 236 valence electrons. The summed E-state index contributed by atoms with van der Waals surface area (Å²) in [5, 5.41) is 16.3. The van der Waals surface area contributed by atoms with E-state index in [1.165, 1.54) is 24.3 Å². The van der Waals surface area contributed by atoms with Crippen molar-refractivity contribution in [1.29, 1.82) is 0 Å². The van der Waals surface area contributed by atoms with E-state index >= 15 is 0 Å². The molecular formula is C27H26N6O10S2. The maximum atomic E-state index is 12.0. The van der Waals surface area contributed by atoms with Crippen LogP contribution in [0, 0.1) is 0 Å². The van der Waals surface area contributed by atoms with E-state index in [2.05, 4.69) is 20.5 Å². The van der Waals surface area contributed by atoms with Crippen LogP contribution in [-0.2, 0) is 39.5 Å². The first-order valence-electron chi connectivity index (χ1n) is 13.1. The molecule has 0 aromatic heterocycles. The average molecular weight is 659 g/mol. The fourth-order valence-corrected chi connectivity index (χ4v) is 5.06. The number of hydrogen-bond donors (Lipinski definition) is 2. The van der Waals surface area contributed by atoms with Crippen LogP contribution in [0.25, 0.3) is 0 Å². The highest BCUT2D eigenvalue weighted by molar-refractivity contribution is 7.86. The highest BCUT2D eigenvalue weighted by Crippen LogP contribution is 2.31. The zero-order chi connectivity index (χ0) is 32.8. The van der Waals surface area contributed by atoms with Crippen molar-refractivity contribution in [3.05, 3.63) is 66.7 Å². The number of hydroxylamine groups is 2. The lowest BCUT2D eigenvalue weighted by Crippen LogP contribution is -2.32. The topological polar surface area (TPSA) is 225 Å². The first-order chi connectivity index (χ1) is 21.2. The zero-order valence-electron chi connectivity index (χ0n) is 23.5. The van der Waals surface area contributed by atoms with Crippen molar-refractivity contribution in [3.8, 4) is 0 Å². The van der Waals surface area contributed by atoms with Crippen LogP contribution >= 0.6 is 0 Å². The molecule has 1 heterocycles. The second-order valence-electron chi connectivity index (χ2n) is 9.58. The third-order valence-electron chi connectivity index (χ3n) is 6.27. The molecule has 18 heteroatoms. The van der Waals surface area contributed by atoms with Gasteiger partial charge in [-0.1, -0.05) is 0 Å². The lowest BCUT2D eigenvalue weighted by molar-refractivity contribution is -0.197. The van der Waals surface area contributed by atoms with Crippen molar-refractivity contribution in [2.45, 2.75) is 35.5 Å². The van der Waals surface area contributed by atoms with Gasteiger partial charge in [-0.2, -0.15) is 32.2 Å². The van der Waals surface area contributed by atoms with Crippen molar-refractivity contribution >= 4 is 66.5 Å². The van der Waals surface area contributed by atoms with Crippen molar-refractivity contribution in [1.82, 2.24) is 5.06 Å². The second kappa shape index (κ2) is 13.8. The number of carbonyl (C=O) groups is 3. The monoisotopic (exact) mass is 658 g/mol. The molecule has 0 saturated carbocycles. The molecule has 45 heavy (non-hydrogen) atoms. The van der Waals surface area contributed by atoms with Gasteiger partial charge in [-0.25, -0.2) is 4.79 Å². The molecule has 0 bridgehead atoms. The largest absolute Gasteiger partial charge is 0.375 e. The third kappa shape index (κ3) is 9.05. The zero-order valence-corrected chi connectivity index (χ0v) is 25.2. The van der Waals surface area contributed by atoms with Gasteiger partial charge in [0.15, 0.2) is 0 Å². The molecule has 1 aliphatic rings. The lowest BCUT2D eigenvalue weighted by atomic mass is 10.2. The van der Waals surface area contributed by atoms with E-state index < -0.39 is 42.9 Å². The molecule has 0 unspecified atom stereocenters. The second-order valence-corrected chi connectivity index (χ2v) is 12.4. The Kier molecular flexibility index (Phi) is 10.1. The molecular weight excluding hydrogens is 632 g/mol. The first-order valence-corrected chi connectivity index (χ1v) is 16.0. The summed E-state index contributed by atoms with van der Waals surface area (Å²) in [6.45, 7) is 0.454. The van der Waals surface area contributed by atoms with Gasteiger partial charge >= 0.3 is 5.97 Å². The molecule has 3 aromatic rings. The fraction of sp³-hybridized carbons (Fsp3) is 0.222. The predicted octanol–water partition coefficient (Wildman–Crippen LogP) is 4.83. The van der Waals surface area contributed by atoms with E-state index in [1.807, 2.05) is 4.90 Å². The summed E-state index contributed by atoms with van der Waals surface area (Å²) in [5.41, 5.74) is 1.23. The van der Waals surface area contributed by atoms with E-state index in [0.717, 1.165) is 23.9 Å². The Bertz CT molecular complexity index is 1860. The summed E-state index contributed by atoms with van der Waals surface area (Å²) in [5.74, 6) is -1.76. The molecule has 0 atom stereocenters. The number of carbonyl (C=O) groups excluding carboxylic acids is 3. The number of hydrogen-bond acceptors (Lipinski definition) is 13. The Labute approximate surface area is 257 Å². The normalized spacial score (nSPS) is 14.1. The van der Waals surface area contributed by atoms with Crippen molar-refractivity contribution in [2.24, 2.45) is 20.5 Å². The third-order valence-corrected chi connectivity index (χ3v) is 8.02. The Morgan fingerprint density at radius 3 is 1.91 bits per heavy atom. The van der Waals surface area contributed by atoms with Crippen LogP contribution in [-0.4, -0.2) is 62.4 Å². The van der Waals surface area contributed by atoms with Crippen molar-refractivity contribution in [2.75, 3.05) is 18.5 Å².